The van der Waals surface area contributed by atoms with Crippen LogP contribution in [0.5, 0.6) is 0 Å². The maximum atomic E-state index is 13.4. The molecular weight excluding hydrogens is 289 g/mol. The quantitative estimate of drug-likeness (QED) is 0.944. The van der Waals surface area contributed by atoms with Crippen LogP contribution in [0.15, 0.2) is 47.4 Å². The Labute approximate surface area is 125 Å². The van der Waals surface area contributed by atoms with E-state index in [2.05, 4.69) is 5.32 Å². The van der Waals surface area contributed by atoms with E-state index < -0.39 is 10.8 Å². The Morgan fingerprint density at radius 2 is 1.86 bits per heavy atom. The number of halogens is 1. The predicted molar refractivity (Wildman–Crippen MR) is 81.1 cm³/mol. The summed E-state index contributed by atoms with van der Waals surface area (Å²) in [7, 11) is -1.06. The number of hydrogen-bond donors (Lipinski definition) is 1. The van der Waals surface area contributed by atoms with E-state index in [1.54, 1.807) is 49.6 Å². The van der Waals surface area contributed by atoms with Crippen LogP contribution in [0.3, 0.4) is 0 Å². The van der Waals surface area contributed by atoms with Gasteiger partial charge >= 0.3 is 0 Å². The van der Waals surface area contributed by atoms with Gasteiger partial charge in [-0.1, -0.05) is 12.1 Å². The van der Waals surface area contributed by atoms with Gasteiger partial charge in [-0.05, 0) is 48.4 Å². The highest BCUT2D eigenvalue weighted by Gasteiger charge is 2.07. The summed E-state index contributed by atoms with van der Waals surface area (Å²) in [5, 5.41) is 2.73. The third kappa shape index (κ3) is 3.98. The number of hydrogen-bond acceptors (Lipinski definition) is 2. The molecule has 0 aromatic heterocycles. The van der Waals surface area contributed by atoms with Gasteiger partial charge in [-0.3, -0.25) is 9.00 Å². The van der Waals surface area contributed by atoms with Crippen molar-refractivity contribution in [1.82, 2.24) is 5.32 Å². The summed E-state index contributed by atoms with van der Waals surface area (Å²) in [4.78, 5) is 12.6. The number of nitrogens with one attached hydrogen (secondary N) is 1. The minimum absolute atomic E-state index is 0.246. The first-order chi connectivity index (χ1) is 9.97. The first kappa shape index (κ1) is 15.4. The Bertz CT molecular complexity index is 683. The smallest absolute Gasteiger partial charge is 0.251 e. The molecule has 1 unspecified atom stereocenters. The molecule has 0 bridgehead atoms. The minimum Gasteiger partial charge on any atom is -0.348 e. The minimum atomic E-state index is -1.06. The fraction of sp³-hybridized carbons (Fsp3) is 0.188. The van der Waals surface area contributed by atoms with Gasteiger partial charge in [-0.25, -0.2) is 4.39 Å². The van der Waals surface area contributed by atoms with E-state index in [-0.39, 0.29) is 18.3 Å². The Morgan fingerprint density at radius 1 is 1.19 bits per heavy atom. The Morgan fingerprint density at radius 3 is 2.43 bits per heavy atom. The predicted octanol–water partition coefficient (Wildman–Crippen LogP) is 2.80. The largest absolute Gasteiger partial charge is 0.348 e. The average Bonchev–Trinajstić information content (AvgIpc) is 2.48. The highest BCUT2D eigenvalue weighted by Crippen LogP contribution is 2.10. The van der Waals surface area contributed by atoms with Crippen molar-refractivity contribution < 1.29 is 13.4 Å². The maximum absolute atomic E-state index is 13.4. The van der Waals surface area contributed by atoms with Crippen LogP contribution in [0.4, 0.5) is 4.39 Å². The number of benzene rings is 2. The normalized spacial score (nSPS) is 12.0. The standard InChI is InChI=1S/C16H16FNO2S/c1-11-3-4-12(9-15(11)17)10-18-16(19)13-5-7-14(8-6-13)21(2)20/h3-9H,10H2,1-2H3,(H,18,19). The van der Waals surface area contributed by atoms with E-state index in [0.717, 1.165) is 0 Å². The molecule has 0 fully saturated rings. The Kier molecular flexibility index (Phi) is 4.85. The molecule has 5 heteroatoms. The summed E-state index contributed by atoms with van der Waals surface area (Å²) in [6.07, 6.45) is 1.58. The number of carbonyl (C=O) groups excluding carboxylic acids is 1. The van der Waals surface area contributed by atoms with Crippen LogP contribution in [0.25, 0.3) is 0 Å². The summed E-state index contributed by atoms with van der Waals surface area (Å²) in [6, 6.07) is 11.5. The molecule has 1 N–H and O–H groups in total. The average molecular weight is 305 g/mol. The van der Waals surface area contributed by atoms with Crippen LogP contribution in [-0.4, -0.2) is 16.4 Å². The van der Waals surface area contributed by atoms with Gasteiger partial charge in [0.15, 0.2) is 0 Å². The third-order valence-corrected chi connectivity index (χ3v) is 4.07. The van der Waals surface area contributed by atoms with Crippen LogP contribution >= 0.6 is 0 Å². The molecule has 1 amide bonds. The van der Waals surface area contributed by atoms with E-state index in [1.807, 2.05) is 0 Å². The van der Waals surface area contributed by atoms with Crippen LogP contribution in [0.2, 0.25) is 0 Å². The fourth-order valence-corrected chi connectivity index (χ4v) is 2.35. The van der Waals surface area contributed by atoms with Gasteiger partial charge in [0.1, 0.15) is 5.82 Å². The summed E-state index contributed by atoms with van der Waals surface area (Å²) in [6.45, 7) is 1.95. The van der Waals surface area contributed by atoms with Crippen LogP contribution in [-0.2, 0) is 17.3 Å². The molecule has 0 radical (unpaired) electrons. The van der Waals surface area contributed by atoms with Crippen LogP contribution < -0.4 is 5.32 Å². The van der Waals surface area contributed by atoms with Crippen molar-refractivity contribution in [1.29, 1.82) is 0 Å². The second-order valence-corrected chi connectivity index (χ2v) is 6.12. The van der Waals surface area contributed by atoms with Gasteiger partial charge in [0.25, 0.3) is 5.91 Å². The van der Waals surface area contributed by atoms with Gasteiger partial charge in [-0.2, -0.15) is 0 Å². The van der Waals surface area contributed by atoms with Gasteiger partial charge in [0.05, 0.1) is 0 Å². The first-order valence-electron chi connectivity index (χ1n) is 6.44. The maximum Gasteiger partial charge on any atom is 0.251 e. The van der Waals surface area contributed by atoms with Crippen LogP contribution in [0.1, 0.15) is 21.5 Å². The van der Waals surface area contributed by atoms with Crippen molar-refractivity contribution >= 4 is 16.7 Å². The van der Waals surface area contributed by atoms with Gasteiger partial charge in [0, 0.05) is 34.1 Å². The molecule has 2 aromatic carbocycles. The molecule has 0 saturated heterocycles. The molecule has 1 atom stereocenters. The van der Waals surface area contributed by atoms with Crippen molar-refractivity contribution in [3.8, 4) is 0 Å². The van der Waals surface area contributed by atoms with Crippen molar-refractivity contribution in [2.45, 2.75) is 18.4 Å². The monoisotopic (exact) mass is 305 g/mol. The zero-order chi connectivity index (χ0) is 15.4. The van der Waals surface area contributed by atoms with Gasteiger partial charge in [-0.15, -0.1) is 0 Å². The van der Waals surface area contributed by atoms with Crippen molar-refractivity contribution in [3.05, 3.63) is 65.0 Å². The van der Waals surface area contributed by atoms with E-state index in [4.69, 9.17) is 0 Å². The summed E-state index contributed by atoms with van der Waals surface area (Å²) in [5.41, 5.74) is 1.77. The molecule has 0 heterocycles. The second-order valence-electron chi connectivity index (χ2n) is 4.74. The second kappa shape index (κ2) is 6.63. The Hall–Kier alpha value is -2.01. The molecule has 2 rings (SSSR count). The number of amides is 1. The molecule has 0 aliphatic rings. The van der Waals surface area contributed by atoms with E-state index in [0.29, 0.717) is 21.6 Å². The van der Waals surface area contributed by atoms with Crippen molar-refractivity contribution in [2.75, 3.05) is 6.26 Å². The van der Waals surface area contributed by atoms with Gasteiger partial charge < -0.3 is 5.32 Å². The highest BCUT2D eigenvalue weighted by molar-refractivity contribution is 7.84. The molecule has 21 heavy (non-hydrogen) atoms. The van der Waals surface area contributed by atoms with E-state index in [9.17, 15) is 13.4 Å². The number of rotatable bonds is 4. The fourth-order valence-electron chi connectivity index (χ4n) is 1.83. The molecule has 0 spiro atoms. The molecule has 0 aliphatic heterocycles. The number of carbonyl (C=O) groups is 1. The molecule has 2 aromatic rings. The lowest BCUT2D eigenvalue weighted by atomic mass is 10.1. The number of aryl methyl sites for hydroxylation is 1. The lowest BCUT2D eigenvalue weighted by Crippen LogP contribution is -2.22. The SMILES string of the molecule is Cc1ccc(CNC(=O)c2ccc(S(C)=O)cc2)cc1F. The molecule has 0 aliphatic carbocycles. The highest BCUT2D eigenvalue weighted by atomic mass is 32.2. The van der Waals surface area contributed by atoms with Crippen molar-refractivity contribution in [2.24, 2.45) is 0 Å². The zero-order valence-corrected chi connectivity index (χ0v) is 12.7. The Balaban J connectivity index is 2.01. The topological polar surface area (TPSA) is 46.2 Å². The molecule has 110 valence electrons. The zero-order valence-electron chi connectivity index (χ0n) is 11.9. The first-order valence-corrected chi connectivity index (χ1v) is 8.00. The van der Waals surface area contributed by atoms with Crippen molar-refractivity contribution in [3.63, 3.8) is 0 Å². The van der Waals surface area contributed by atoms with Gasteiger partial charge in [0.2, 0.25) is 0 Å². The van der Waals surface area contributed by atoms with Crippen LogP contribution in [0, 0.1) is 12.7 Å². The molecule has 0 saturated carbocycles. The van der Waals surface area contributed by atoms with E-state index in [1.165, 1.54) is 6.07 Å². The van der Waals surface area contributed by atoms with E-state index >= 15 is 0 Å². The molecule has 3 nitrogen and oxygen atoms in total. The third-order valence-electron chi connectivity index (χ3n) is 3.14. The summed E-state index contributed by atoms with van der Waals surface area (Å²) in [5.74, 6) is -0.527. The lowest BCUT2D eigenvalue weighted by Gasteiger charge is -2.07. The summed E-state index contributed by atoms with van der Waals surface area (Å²) >= 11 is 0. The lowest BCUT2D eigenvalue weighted by molar-refractivity contribution is 0.0951. The summed E-state index contributed by atoms with van der Waals surface area (Å²) < 4.78 is 24.7. The molecular formula is C16H16FNO2S.